The molecule has 0 saturated heterocycles. The Labute approximate surface area is 94.1 Å². The predicted molar refractivity (Wildman–Crippen MR) is 55.7 cm³/mol. The van der Waals surface area contributed by atoms with Gasteiger partial charge < -0.3 is 9.53 Å². The summed E-state index contributed by atoms with van der Waals surface area (Å²) >= 11 is 0. The van der Waals surface area contributed by atoms with Gasteiger partial charge in [-0.3, -0.25) is 9.59 Å². The largest absolute Gasteiger partial charge is 0.460 e. The lowest BCUT2D eigenvalue weighted by Crippen LogP contribution is -2.30. The second-order valence-electron chi connectivity index (χ2n) is 3.49. The third-order valence-corrected chi connectivity index (χ3v) is 2.07. The molecule has 5 nitrogen and oxygen atoms in total. The Balaban J connectivity index is 4.53. The fourth-order valence-corrected chi connectivity index (χ4v) is 1.21. The minimum absolute atomic E-state index is 0.0717. The lowest BCUT2D eigenvalue weighted by molar-refractivity contribution is -0.156. The molecule has 0 heterocycles. The van der Waals surface area contributed by atoms with Gasteiger partial charge in [-0.2, -0.15) is 0 Å². The van der Waals surface area contributed by atoms with E-state index in [1.54, 1.807) is 6.92 Å². The van der Waals surface area contributed by atoms with Gasteiger partial charge in [0, 0.05) is 6.42 Å². The summed E-state index contributed by atoms with van der Waals surface area (Å²) in [4.78, 5) is 44.5. The van der Waals surface area contributed by atoms with Crippen LogP contribution in [0.5, 0.6) is 0 Å². The van der Waals surface area contributed by atoms with Crippen molar-refractivity contribution in [1.82, 2.24) is 0 Å². The van der Waals surface area contributed by atoms with Crippen molar-refractivity contribution >= 4 is 23.3 Å². The van der Waals surface area contributed by atoms with Gasteiger partial charge in [0.25, 0.3) is 0 Å². The van der Waals surface area contributed by atoms with Crippen molar-refractivity contribution in [2.75, 3.05) is 6.61 Å². The fourth-order valence-electron chi connectivity index (χ4n) is 1.21. The molecule has 0 spiro atoms. The summed E-state index contributed by atoms with van der Waals surface area (Å²) in [5.74, 6) is -3.47. The van der Waals surface area contributed by atoms with E-state index in [9.17, 15) is 19.2 Å². The highest BCUT2D eigenvalue weighted by Gasteiger charge is 2.30. The van der Waals surface area contributed by atoms with E-state index in [0.29, 0.717) is 0 Å². The van der Waals surface area contributed by atoms with Crippen LogP contribution in [0.4, 0.5) is 0 Å². The minimum atomic E-state index is -1.05. The summed E-state index contributed by atoms with van der Waals surface area (Å²) in [6, 6.07) is 0. The smallest absolute Gasteiger partial charge is 0.375 e. The Kier molecular flexibility index (Phi) is 6.22. The normalized spacial score (nSPS) is 11.7. The molecular weight excluding hydrogens is 212 g/mol. The standard InChI is InChI=1S/C11H16O5/c1-4-16-11(15)10(14)9(8(3)13)6-5-7(2)12/h9H,4-6H2,1-3H3. The monoisotopic (exact) mass is 228 g/mol. The SMILES string of the molecule is CCOC(=O)C(=O)C(CCC(C)=O)C(C)=O. The fraction of sp³-hybridized carbons (Fsp3) is 0.636. The number of esters is 1. The molecule has 90 valence electrons. The van der Waals surface area contributed by atoms with Crippen LogP contribution in [0.25, 0.3) is 0 Å². The molecule has 0 aromatic carbocycles. The molecule has 1 atom stereocenters. The molecule has 0 amide bonds. The molecule has 0 aliphatic rings. The van der Waals surface area contributed by atoms with Gasteiger partial charge >= 0.3 is 5.97 Å². The first-order valence-electron chi connectivity index (χ1n) is 5.11. The Morgan fingerprint density at radius 1 is 1.12 bits per heavy atom. The number of Topliss-reactive ketones (excluding diaryl/α,β-unsaturated/α-hetero) is 3. The summed E-state index contributed by atoms with van der Waals surface area (Å²) in [5, 5.41) is 0. The van der Waals surface area contributed by atoms with E-state index in [-0.39, 0.29) is 25.2 Å². The first-order valence-corrected chi connectivity index (χ1v) is 5.11. The number of ketones is 3. The van der Waals surface area contributed by atoms with E-state index in [0.717, 1.165) is 0 Å². The zero-order chi connectivity index (χ0) is 12.7. The molecule has 0 rings (SSSR count). The van der Waals surface area contributed by atoms with E-state index < -0.39 is 23.5 Å². The van der Waals surface area contributed by atoms with E-state index in [1.165, 1.54) is 13.8 Å². The van der Waals surface area contributed by atoms with Crippen LogP contribution in [0.2, 0.25) is 0 Å². The van der Waals surface area contributed by atoms with Crippen LogP contribution < -0.4 is 0 Å². The minimum Gasteiger partial charge on any atom is -0.460 e. The Morgan fingerprint density at radius 2 is 1.69 bits per heavy atom. The number of carbonyl (C=O) groups excluding carboxylic acids is 4. The topological polar surface area (TPSA) is 77.5 Å². The number of rotatable bonds is 7. The zero-order valence-corrected chi connectivity index (χ0v) is 9.74. The molecule has 0 aliphatic heterocycles. The highest BCUT2D eigenvalue weighted by molar-refractivity contribution is 6.38. The van der Waals surface area contributed by atoms with Crippen LogP contribution in [0.1, 0.15) is 33.6 Å². The van der Waals surface area contributed by atoms with Gasteiger partial charge in [0.2, 0.25) is 5.78 Å². The predicted octanol–water partition coefficient (Wildman–Crippen LogP) is 0.693. The summed E-state index contributed by atoms with van der Waals surface area (Å²) in [7, 11) is 0. The van der Waals surface area contributed by atoms with Gasteiger partial charge in [-0.25, -0.2) is 4.79 Å². The number of hydrogen-bond donors (Lipinski definition) is 0. The van der Waals surface area contributed by atoms with Gasteiger partial charge in [-0.05, 0) is 27.2 Å². The highest BCUT2D eigenvalue weighted by atomic mass is 16.5. The molecule has 0 fully saturated rings. The first kappa shape index (κ1) is 14.5. The van der Waals surface area contributed by atoms with E-state index in [2.05, 4.69) is 4.74 Å². The van der Waals surface area contributed by atoms with Crippen molar-refractivity contribution < 1.29 is 23.9 Å². The third kappa shape index (κ3) is 4.82. The average Bonchev–Trinajstić information content (AvgIpc) is 2.17. The molecule has 0 saturated carbocycles. The molecule has 16 heavy (non-hydrogen) atoms. The second-order valence-corrected chi connectivity index (χ2v) is 3.49. The van der Waals surface area contributed by atoms with Crippen molar-refractivity contribution in [3.05, 3.63) is 0 Å². The zero-order valence-electron chi connectivity index (χ0n) is 9.74. The maximum absolute atomic E-state index is 11.5. The Bertz CT molecular complexity index is 305. The maximum atomic E-state index is 11.5. The summed E-state index contributed by atoms with van der Waals surface area (Å²) in [5.41, 5.74) is 0. The molecule has 0 bridgehead atoms. The van der Waals surface area contributed by atoms with Crippen molar-refractivity contribution in [3.63, 3.8) is 0 Å². The highest BCUT2D eigenvalue weighted by Crippen LogP contribution is 2.11. The van der Waals surface area contributed by atoms with Crippen molar-refractivity contribution in [2.24, 2.45) is 5.92 Å². The van der Waals surface area contributed by atoms with Crippen LogP contribution in [0.3, 0.4) is 0 Å². The lowest BCUT2D eigenvalue weighted by atomic mass is 9.93. The molecule has 0 aliphatic carbocycles. The van der Waals surface area contributed by atoms with Crippen molar-refractivity contribution in [2.45, 2.75) is 33.6 Å². The van der Waals surface area contributed by atoms with Crippen LogP contribution in [0.15, 0.2) is 0 Å². The first-order chi connectivity index (χ1) is 7.40. The number of ether oxygens (including phenoxy) is 1. The van der Waals surface area contributed by atoms with Crippen LogP contribution in [-0.4, -0.2) is 29.9 Å². The van der Waals surface area contributed by atoms with Gasteiger partial charge in [0.15, 0.2) is 0 Å². The third-order valence-electron chi connectivity index (χ3n) is 2.07. The van der Waals surface area contributed by atoms with E-state index in [1.807, 2.05) is 0 Å². The van der Waals surface area contributed by atoms with Crippen molar-refractivity contribution in [3.8, 4) is 0 Å². The molecule has 1 unspecified atom stereocenters. The van der Waals surface area contributed by atoms with E-state index in [4.69, 9.17) is 0 Å². The summed E-state index contributed by atoms with van der Waals surface area (Å²) in [6.07, 6.45) is 0.178. The summed E-state index contributed by atoms with van der Waals surface area (Å²) in [6.45, 7) is 4.25. The Morgan fingerprint density at radius 3 is 2.06 bits per heavy atom. The van der Waals surface area contributed by atoms with Gasteiger partial charge in [-0.15, -0.1) is 0 Å². The molecule has 0 N–H and O–H groups in total. The van der Waals surface area contributed by atoms with Crippen molar-refractivity contribution in [1.29, 1.82) is 0 Å². The van der Waals surface area contributed by atoms with Crippen LogP contribution >= 0.6 is 0 Å². The van der Waals surface area contributed by atoms with Gasteiger partial charge in [0.1, 0.15) is 11.6 Å². The quantitative estimate of drug-likeness (QED) is 0.364. The molecular formula is C11H16O5. The van der Waals surface area contributed by atoms with Crippen LogP contribution in [-0.2, 0) is 23.9 Å². The lowest BCUT2D eigenvalue weighted by Gasteiger charge is -2.10. The second kappa shape index (κ2) is 6.87. The van der Waals surface area contributed by atoms with Crippen LogP contribution in [0, 0.1) is 5.92 Å². The molecule has 0 aromatic heterocycles. The number of carbonyl (C=O) groups is 4. The number of hydrogen-bond acceptors (Lipinski definition) is 5. The summed E-state index contributed by atoms with van der Waals surface area (Å²) < 4.78 is 4.52. The average molecular weight is 228 g/mol. The Hall–Kier alpha value is -1.52. The van der Waals surface area contributed by atoms with E-state index >= 15 is 0 Å². The van der Waals surface area contributed by atoms with Gasteiger partial charge in [-0.1, -0.05) is 0 Å². The molecule has 0 aromatic rings. The molecule has 0 radical (unpaired) electrons. The van der Waals surface area contributed by atoms with Gasteiger partial charge in [0.05, 0.1) is 12.5 Å². The maximum Gasteiger partial charge on any atom is 0.375 e. The molecule has 5 heteroatoms.